The van der Waals surface area contributed by atoms with Crippen LogP contribution in [0.2, 0.25) is 0 Å². The number of hydrogen-bond donors (Lipinski definition) is 2. The molecule has 0 bridgehead atoms. The van der Waals surface area contributed by atoms with E-state index in [1.807, 2.05) is 31.2 Å². The van der Waals surface area contributed by atoms with Crippen LogP contribution >= 0.6 is 0 Å². The lowest BCUT2D eigenvalue weighted by Gasteiger charge is -2.07. The smallest absolute Gasteiger partial charge is 0.356 e. The molecule has 5 nitrogen and oxygen atoms in total. The van der Waals surface area contributed by atoms with Gasteiger partial charge in [0.2, 0.25) is 0 Å². The summed E-state index contributed by atoms with van der Waals surface area (Å²) in [6.45, 7) is 1.97. The Hall–Kier alpha value is -2.43. The first-order chi connectivity index (χ1) is 8.16. The fourth-order valence-electron chi connectivity index (χ4n) is 1.36. The zero-order valence-electron chi connectivity index (χ0n) is 9.21. The van der Waals surface area contributed by atoms with Crippen molar-refractivity contribution in [3.63, 3.8) is 0 Å². The predicted molar refractivity (Wildman–Crippen MR) is 63.5 cm³/mol. The van der Waals surface area contributed by atoms with Crippen molar-refractivity contribution in [2.75, 3.05) is 5.32 Å². The van der Waals surface area contributed by atoms with E-state index in [9.17, 15) is 4.79 Å². The summed E-state index contributed by atoms with van der Waals surface area (Å²) in [6.07, 6.45) is 0. The van der Waals surface area contributed by atoms with E-state index in [4.69, 9.17) is 5.11 Å². The number of benzene rings is 1. The van der Waals surface area contributed by atoms with Crippen LogP contribution in [0, 0.1) is 6.92 Å². The van der Waals surface area contributed by atoms with Crippen molar-refractivity contribution in [1.82, 2.24) is 10.2 Å². The normalized spacial score (nSPS) is 9.94. The number of rotatable bonds is 3. The number of anilines is 2. The number of nitrogens with zero attached hydrogens (tertiary/aromatic N) is 2. The first-order valence-corrected chi connectivity index (χ1v) is 5.06. The van der Waals surface area contributed by atoms with E-state index in [2.05, 4.69) is 15.5 Å². The average Bonchev–Trinajstić information content (AvgIpc) is 2.33. The highest BCUT2D eigenvalue weighted by Crippen LogP contribution is 2.17. The van der Waals surface area contributed by atoms with Crippen LogP contribution in [0.4, 0.5) is 11.5 Å². The number of hydrogen-bond acceptors (Lipinski definition) is 4. The van der Waals surface area contributed by atoms with Crippen molar-refractivity contribution in [2.45, 2.75) is 6.92 Å². The summed E-state index contributed by atoms with van der Waals surface area (Å²) in [5, 5.41) is 19.1. The zero-order chi connectivity index (χ0) is 12.3. The van der Waals surface area contributed by atoms with Gasteiger partial charge in [0.15, 0.2) is 11.5 Å². The molecule has 2 N–H and O–H groups in total. The van der Waals surface area contributed by atoms with Crippen molar-refractivity contribution in [2.24, 2.45) is 0 Å². The molecule has 0 saturated carbocycles. The average molecular weight is 229 g/mol. The van der Waals surface area contributed by atoms with Gasteiger partial charge in [0.25, 0.3) is 0 Å². The highest BCUT2D eigenvalue weighted by Gasteiger charge is 2.05. The number of nitrogens with one attached hydrogen (secondary N) is 1. The molecule has 0 radical (unpaired) electrons. The number of carbonyl (C=O) groups is 1. The van der Waals surface area contributed by atoms with Crippen LogP contribution in [0.1, 0.15) is 16.1 Å². The lowest BCUT2D eigenvalue weighted by atomic mass is 10.2. The summed E-state index contributed by atoms with van der Waals surface area (Å²) >= 11 is 0. The molecule has 1 heterocycles. The van der Waals surface area contributed by atoms with Crippen LogP contribution in [-0.2, 0) is 0 Å². The number of aromatic nitrogens is 2. The Balaban J connectivity index is 2.20. The molecule has 5 heteroatoms. The van der Waals surface area contributed by atoms with E-state index in [0.29, 0.717) is 5.82 Å². The molecule has 0 unspecified atom stereocenters. The van der Waals surface area contributed by atoms with Gasteiger partial charge in [-0.1, -0.05) is 18.2 Å². The lowest BCUT2D eigenvalue weighted by molar-refractivity contribution is 0.0689. The van der Waals surface area contributed by atoms with Gasteiger partial charge in [-0.3, -0.25) is 0 Å². The number of para-hydroxylation sites is 1. The van der Waals surface area contributed by atoms with Gasteiger partial charge in [0.1, 0.15) is 0 Å². The van der Waals surface area contributed by atoms with Crippen LogP contribution in [0.5, 0.6) is 0 Å². The third kappa shape index (κ3) is 2.57. The predicted octanol–water partition coefficient (Wildman–Crippen LogP) is 2.23. The second kappa shape index (κ2) is 4.61. The molecule has 0 aliphatic rings. The van der Waals surface area contributed by atoms with Gasteiger partial charge < -0.3 is 10.4 Å². The van der Waals surface area contributed by atoms with Gasteiger partial charge >= 0.3 is 5.97 Å². The molecule has 1 aromatic heterocycles. The van der Waals surface area contributed by atoms with Crippen molar-refractivity contribution in [3.05, 3.63) is 47.7 Å². The molecular weight excluding hydrogens is 218 g/mol. The lowest BCUT2D eigenvalue weighted by Crippen LogP contribution is -2.03. The van der Waals surface area contributed by atoms with E-state index in [0.717, 1.165) is 11.3 Å². The minimum absolute atomic E-state index is 0.0691. The quantitative estimate of drug-likeness (QED) is 0.844. The monoisotopic (exact) mass is 229 g/mol. The van der Waals surface area contributed by atoms with Crippen LogP contribution in [0.3, 0.4) is 0 Å². The SMILES string of the molecule is Cc1ccccc1Nc1ccc(C(=O)O)nn1. The van der Waals surface area contributed by atoms with E-state index in [1.165, 1.54) is 6.07 Å². The molecule has 0 spiro atoms. The second-order valence-corrected chi connectivity index (χ2v) is 3.55. The van der Waals surface area contributed by atoms with E-state index in [-0.39, 0.29) is 5.69 Å². The maximum atomic E-state index is 10.6. The summed E-state index contributed by atoms with van der Waals surface area (Å²) in [5.74, 6) is -0.566. The van der Waals surface area contributed by atoms with Crippen LogP contribution < -0.4 is 5.32 Å². The molecule has 2 rings (SSSR count). The Bertz CT molecular complexity index is 538. The standard InChI is InChI=1S/C12H11N3O2/c1-8-4-2-3-5-9(8)13-11-7-6-10(12(16)17)14-15-11/h2-7H,1H3,(H,13,15)(H,16,17). The first kappa shape index (κ1) is 11.1. The molecule has 0 aliphatic heterocycles. The van der Waals surface area contributed by atoms with Gasteiger partial charge in [-0.05, 0) is 30.7 Å². The molecule has 2 aromatic rings. The Morgan fingerprint density at radius 1 is 1.18 bits per heavy atom. The third-order valence-corrected chi connectivity index (χ3v) is 2.29. The Morgan fingerprint density at radius 2 is 1.94 bits per heavy atom. The number of carboxylic acid groups (broad SMARTS) is 1. The van der Waals surface area contributed by atoms with Crippen molar-refractivity contribution >= 4 is 17.5 Å². The Labute approximate surface area is 98.1 Å². The first-order valence-electron chi connectivity index (χ1n) is 5.06. The maximum Gasteiger partial charge on any atom is 0.356 e. The van der Waals surface area contributed by atoms with Gasteiger partial charge in [0.05, 0.1) is 0 Å². The summed E-state index contributed by atoms with van der Waals surface area (Å²) in [5.41, 5.74) is 1.93. The van der Waals surface area contributed by atoms with E-state index >= 15 is 0 Å². The topological polar surface area (TPSA) is 75.1 Å². The molecule has 0 amide bonds. The highest BCUT2D eigenvalue weighted by molar-refractivity contribution is 5.85. The number of aryl methyl sites for hydroxylation is 1. The fourth-order valence-corrected chi connectivity index (χ4v) is 1.36. The van der Waals surface area contributed by atoms with Crippen molar-refractivity contribution < 1.29 is 9.90 Å². The van der Waals surface area contributed by atoms with Gasteiger partial charge in [0, 0.05) is 5.69 Å². The molecule has 0 aliphatic carbocycles. The Morgan fingerprint density at radius 3 is 2.53 bits per heavy atom. The summed E-state index contributed by atoms with van der Waals surface area (Å²) in [4.78, 5) is 10.6. The number of carboxylic acids is 1. The fraction of sp³-hybridized carbons (Fsp3) is 0.0833. The molecular formula is C12H11N3O2. The van der Waals surface area contributed by atoms with Crippen LogP contribution in [-0.4, -0.2) is 21.3 Å². The summed E-state index contributed by atoms with van der Waals surface area (Å²) in [7, 11) is 0. The maximum absolute atomic E-state index is 10.6. The minimum Gasteiger partial charge on any atom is -0.476 e. The molecule has 0 saturated heterocycles. The van der Waals surface area contributed by atoms with Gasteiger partial charge in [-0.15, -0.1) is 10.2 Å². The van der Waals surface area contributed by atoms with Crippen molar-refractivity contribution in [3.8, 4) is 0 Å². The molecule has 86 valence electrons. The molecule has 0 atom stereocenters. The zero-order valence-corrected chi connectivity index (χ0v) is 9.21. The molecule has 1 aromatic carbocycles. The largest absolute Gasteiger partial charge is 0.476 e. The van der Waals surface area contributed by atoms with E-state index < -0.39 is 5.97 Å². The van der Waals surface area contributed by atoms with Gasteiger partial charge in [-0.2, -0.15) is 0 Å². The number of aromatic carboxylic acids is 1. The molecule has 17 heavy (non-hydrogen) atoms. The van der Waals surface area contributed by atoms with E-state index in [1.54, 1.807) is 6.07 Å². The second-order valence-electron chi connectivity index (χ2n) is 3.55. The van der Waals surface area contributed by atoms with Gasteiger partial charge in [-0.25, -0.2) is 4.79 Å². The molecule has 0 fully saturated rings. The van der Waals surface area contributed by atoms with Crippen LogP contribution in [0.25, 0.3) is 0 Å². The summed E-state index contributed by atoms with van der Waals surface area (Å²) in [6, 6.07) is 10.7. The van der Waals surface area contributed by atoms with Crippen LogP contribution in [0.15, 0.2) is 36.4 Å². The van der Waals surface area contributed by atoms with Crippen molar-refractivity contribution in [1.29, 1.82) is 0 Å². The summed E-state index contributed by atoms with van der Waals surface area (Å²) < 4.78 is 0. The highest BCUT2D eigenvalue weighted by atomic mass is 16.4. The third-order valence-electron chi connectivity index (χ3n) is 2.29. The minimum atomic E-state index is -1.08. The Kier molecular flexibility index (Phi) is 3.00.